The molecule has 0 fully saturated rings. The molecule has 1 unspecified atom stereocenters. The Kier molecular flexibility index (Phi) is 16.7. The predicted molar refractivity (Wildman–Crippen MR) is 212 cm³/mol. The Labute approximate surface area is 336 Å². The summed E-state index contributed by atoms with van der Waals surface area (Å²) in [6.07, 6.45) is -1.64. The van der Waals surface area contributed by atoms with Gasteiger partial charge in [0.05, 0.1) is 0 Å². The number of allylic oxidation sites excluding steroid dienone is 4. The van der Waals surface area contributed by atoms with Crippen LogP contribution in [-0.2, 0) is 53.8 Å². The summed E-state index contributed by atoms with van der Waals surface area (Å²) in [7, 11) is -1.07. The predicted octanol–water partition coefficient (Wildman–Crippen LogP) is 13.8. The molecular weight excluding hydrogens is 786 g/mol. The molecule has 6 rings (SSSR count). The van der Waals surface area contributed by atoms with Crippen molar-refractivity contribution in [2.75, 3.05) is 0 Å². The molecule has 2 aliphatic carbocycles. The summed E-state index contributed by atoms with van der Waals surface area (Å²) in [5, 5.41) is 1.60. The normalized spacial score (nSPS) is 14.9. The van der Waals surface area contributed by atoms with Crippen molar-refractivity contribution in [3.63, 3.8) is 0 Å². The van der Waals surface area contributed by atoms with E-state index < -0.39 is 31.6 Å². The van der Waals surface area contributed by atoms with E-state index in [0.29, 0.717) is 5.92 Å². The van der Waals surface area contributed by atoms with Gasteiger partial charge in [-0.05, 0) is 36.5 Å². The second-order valence-corrected chi connectivity index (χ2v) is 21.3. The number of alkyl halides is 6. The van der Waals surface area contributed by atoms with Crippen LogP contribution in [0.4, 0.5) is 26.3 Å². The van der Waals surface area contributed by atoms with Crippen LogP contribution >= 0.6 is 0 Å². The first-order valence-electron chi connectivity index (χ1n) is 17.7. The van der Waals surface area contributed by atoms with Gasteiger partial charge in [0.15, 0.2) is 0 Å². The van der Waals surface area contributed by atoms with Crippen LogP contribution in [0.3, 0.4) is 0 Å². The number of fused-ring (bicyclic) bond motifs is 3. The van der Waals surface area contributed by atoms with E-state index in [2.05, 4.69) is 140 Å². The summed E-state index contributed by atoms with van der Waals surface area (Å²) in [6, 6.07) is 29.2. The molecule has 4 aromatic rings. The van der Waals surface area contributed by atoms with E-state index >= 15 is 0 Å². The topological polar surface area (TPSA) is 0 Å². The Morgan fingerprint density at radius 3 is 1.54 bits per heavy atom. The molecule has 0 nitrogen and oxygen atoms in total. The summed E-state index contributed by atoms with van der Waals surface area (Å²) in [5.41, 5.74) is 8.79. The molecule has 0 N–H and O–H groups in total. The van der Waals surface area contributed by atoms with Gasteiger partial charge < -0.3 is 0 Å². The van der Waals surface area contributed by atoms with Crippen molar-refractivity contribution in [2.24, 2.45) is 5.92 Å². The molecule has 0 radical (unpaired) electrons. The Morgan fingerprint density at radius 2 is 1.20 bits per heavy atom. The minimum absolute atomic E-state index is 0.167. The van der Waals surface area contributed by atoms with Gasteiger partial charge >= 0.3 is 40.8 Å². The molecule has 0 saturated carbocycles. The summed E-state index contributed by atoms with van der Waals surface area (Å²) >= 11 is 1.30. The third kappa shape index (κ3) is 14.2. The van der Waals surface area contributed by atoms with Crippen LogP contribution in [0, 0.1) is 30.2 Å². The maximum atomic E-state index is 11.8. The van der Waals surface area contributed by atoms with E-state index in [1.54, 1.807) is 5.20 Å². The molecule has 0 saturated heterocycles. The molecule has 54 heavy (non-hydrogen) atoms. The SMILES string of the molecule is CC(C)(C)c1[c-]c2c(cc1)-c1ccc(C(C)(C)C)cc1C2.CC1=[C-]C(C)C=C1[Si](C)(C)C.FC(F)(F)c1c[c-]ccc1.FC(F)(F)c1c[c-]ccc1.[CH2]=[Zr]. The second-order valence-electron chi connectivity index (χ2n) is 16.3. The Morgan fingerprint density at radius 1 is 0.704 bits per heavy atom. The number of benzene rings is 4. The van der Waals surface area contributed by atoms with E-state index in [1.807, 2.05) is 0 Å². The zero-order valence-corrected chi connectivity index (χ0v) is 36.8. The van der Waals surface area contributed by atoms with Gasteiger partial charge in [0.25, 0.3) is 0 Å². The van der Waals surface area contributed by atoms with Gasteiger partial charge in [-0.25, -0.2) is 10.8 Å². The first-order valence-corrected chi connectivity index (χ1v) is 23.0. The number of halogens is 6. The molecule has 2 aliphatic rings. The minimum atomic E-state index is -4.24. The molecule has 0 aliphatic heterocycles. The fourth-order valence-electron chi connectivity index (χ4n) is 5.82. The third-order valence-electron chi connectivity index (χ3n) is 8.61. The molecule has 0 aromatic heterocycles. The van der Waals surface area contributed by atoms with Gasteiger partial charge in [0, 0.05) is 0 Å². The van der Waals surface area contributed by atoms with Gasteiger partial charge in [-0.2, -0.15) is 117 Å². The molecule has 4 aromatic carbocycles. The van der Waals surface area contributed by atoms with E-state index in [1.165, 1.54) is 87.5 Å². The van der Waals surface area contributed by atoms with Crippen molar-refractivity contribution >= 4 is 12.3 Å². The van der Waals surface area contributed by atoms with Crippen molar-refractivity contribution in [1.82, 2.24) is 0 Å². The van der Waals surface area contributed by atoms with Crippen molar-refractivity contribution < 1.29 is 50.6 Å². The zero-order valence-electron chi connectivity index (χ0n) is 33.3. The second kappa shape index (κ2) is 19.2. The summed E-state index contributed by atoms with van der Waals surface area (Å²) < 4.78 is 73.9. The van der Waals surface area contributed by atoms with Crippen molar-refractivity contribution in [3.05, 3.63) is 153 Å². The van der Waals surface area contributed by atoms with Crippen LogP contribution in [0.15, 0.2) is 95.7 Å². The van der Waals surface area contributed by atoms with Crippen LogP contribution in [-0.4, -0.2) is 12.3 Å². The van der Waals surface area contributed by atoms with Crippen LogP contribution in [0.5, 0.6) is 0 Å². The van der Waals surface area contributed by atoms with E-state index in [-0.39, 0.29) is 10.8 Å². The monoisotopic (exact) mass is 836 g/mol. The van der Waals surface area contributed by atoms with Gasteiger partial charge in [-0.1, -0.05) is 116 Å². The molecule has 0 heterocycles. The van der Waals surface area contributed by atoms with Crippen LogP contribution < -0.4 is 0 Å². The van der Waals surface area contributed by atoms with E-state index in [9.17, 15) is 26.3 Å². The first kappa shape index (κ1) is 47.1. The standard InChI is InChI=1S/C21H25.C10H17Si.2C7H4F3.CH2.Zr/c1-20(2,3)16-7-9-18-14(12-16)11-15-13-17(21(4,5)6)8-10-19(15)18;1-8-6-9(2)10(7-8)11(3,4)5;2*8-7(9,10)6-4-2-1-3-5-6;;/h7-10,12H,11H2,1-6H3;7-8H,1-5H3;2*1-2,4-5H;1H2;/q4*-1;;. The summed E-state index contributed by atoms with van der Waals surface area (Å²) in [5.74, 6) is 0.553. The summed E-state index contributed by atoms with van der Waals surface area (Å²) in [6.45, 7) is 25.2. The first-order chi connectivity index (χ1) is 24.8. The van der Waals surface area contributed by atoms with E-state index in [0.717, 1.165) is 30.7 Å². The molecule has 0 spiro atoms. The molecule has 0 bridgehead atoms. The number of hydrogen-bond donors (Lipinski definition) is 0. The Hall–Kier alpha value is -3.09. The quantitative estimate of drug-likeness (QED) is 0.0896. The average molecular weight is 838 g/mol. The molecule has 290 valence electrons. The molecule has 1 atom stereocenters. The van der Waals surface area contributed by atoms with E-state index in [4.69, 9.17) is 0 Å². The average Bonchev–Trinajstić information content (AvgIpc) is 3.63. The summed E-state index contributed by atoms with van der Waals surface area (Å²) in [4.78, 5) is 0. The number of rotatable bonds is 1. The zero-order chi connectivity index (χ0) is 41.3. The maximum absolute atomic E-state index is 11.8. The molecule has 8 heteroatoms. The van der Waals surface area contributed by atoms with Crippen molar-refractivity contribution in [1.29, 1.82) is 0 Å². The third-order valence-corrected chi connectivity index (χ3v) is 10.8. The van der Waals surface area contributed by atoms with Gasteiger partial charge in [-0.15, -0.1) is 11.1 Å². The van der Waals surface area contributed by atoms with Crippen molar-refractivity contribution in [3.8, 4) is 11.1 Å². The fraction of sp³-hybridized carbons (Fsp3) is 0.370. The van der Waals surface area contributed by atoms with Gasteiger partial charge in [-0.3, -0.25) is 6.08 Å². The van der Waals surface area contributed by atoms with Crippen LogP contribution in [0.1, 0.15) is 88.8 Å². The van der Waals surface area contributed by atoms with Crippen LogP contribution in [0.2, 0.25) is 19.6 Å². The number of hydrogen-bond acceptors (Lipinski definition) is 0. The Bertz CT molecular complexity index is 1740. The van der Waals surface area contributed by atoms with Crippen LogP contribution in [0.25, 0.3) is 11.1 Å². The molecule has 0 amide bonds. The van der Waals surface area contributed by atoms with Crippen molar-refractivity contribution in [2.45, 2.75) is 105 Å². The van der Waals surface area contributed by atoms with Gasteiger partial charge in [0.2, 0.25) is 0 Å². The Balaban J connectivity index is 0.000000262. The molecular formula is C46H52F6SiZr-4. The van der Waals surface area contributed by atoms with Gasteiger partial charge in [0.1, 0.15) is 0 Å². The fourth-order valence-corrected chi connectivity index (χ4v) is 7.76.